The molecule has 0 radical (unpaired) electrons. The number of hydrogen-bond acceptors (Lipinski definition) is 2. The Morgan fingerprint density at radius 1 is 1.36 bits per heavy atom. The summed E-state index contributed by atoms with van der Waals surface area (Å²) >= 11 is 9.25. The number of carbonyl (C=O) groups is 1. The molecule has 2 aromatic rings. The summed E-state index contributed by atoms with van der Waals surface area (Å²) in [6.45, 7) is -0.0545. The van der Waals surface area contributed by atoms with Gasteiger partial charge in [0.25, 0.3) is 0 Å². The SMILES string of the molecule is O=C(O)C=Cc1cc(Br)ccc1OCc1c(F)cccc1Cl. The van der Waals surface area contributed by atoms with E-state index in [0.29, 0.717) is 11.3 Å². The van der Waals surface area contributed by atoms with E-state index in [2.05, 4.69) is 15.9 Å². The summed E-state index contributed by atoms with van der Waals surface area (Å²) < 4.78 is 20.1. The van der Waals surface area contributed by atoms with Crippen molar-refractivity contribution in [2.24, 2.45) is 0 Å². The summed E-state index contributed by atoms with van der Waals surface area (Å²) in [6.07, 6.45) is 2.41. The van der Waals surface area contributed by atoms with Gasteiger partial charge in [-0.3, -0.25) is 0 Å². The average Bonchev–Trinajstić information content (AvgIpc) is 2.46. The van der Waals surface area contributed by atoms with Crippen molar-refractivity contribution < 1.29 is 19.0 Å². The maximum Gasteiger partial charge on any atom is 0.328 e. The first-order valence-corrected chi connectivity index (χ1v) is 7.40. The van der Waals surface area contributed by atoms with Gasteiger partial charge in [0.05, 0.1) is 5.02 Å². The van der Waals surface area contributed by atoms with Crippen molar-refractivity contribution in [3.63, 3.8) is 0 Å². The predicted molar refractivity (Wildman–Crippen MR) is 86.6 cm³/mol. The fraction of sp³-hybridized carbons (Fsp3) is 0.0625. The van der Waals surface area contributed by atoms with E-state index in [4.69, 9.17) is 21.4 Å². The van der Waals surface area contributed by atoms with Gasteiger partial charge in [-0.05, 0) is 36.4 Å². The highest BCUT2D eigenvalue weighted by Gasteiger charge is 2.09. The number of carboxylic acids is 1. The first kappa shape index (κ1) is 16.5. The van der Waals surface area contributed by atoms with Crippen molar-refractivity contribution >= 4 is 39.6 Å². The molecule has 6 heteroatoms. The Morgan fingerprint density at radius 3 is 2.82 bits per heavy atom. The van der Waals surface area contributed by atoms with Crippen LogP contribution in [-0.2, 0) is 11.4 Å². The molecule has 0 aliphatic rings. The Labute approximate surface area is 140 Å². The Balaban J connectivity index is 2.24. The molecule has 0 aromatic heterocycles. The van der Waals surface area contributed by atoms with E-state index in [9.17, 15) is 9.18 Å². The predicted octanol–water partition coefficient (Wildman–Crippen LogP) is 4.92. The van der Waals surface area contributed by atoms with Crippen molar-refractivity contribution in [1.29, 1.82) is 0 Å². The van der Waals surface area contributed by atoms with Crippen LogP contribution < -0.4 is 4.74 Å². The van der Waals surface area contributed by atoms with Crippen LogP contribution in [0.5, 0.6) is 5.75 Å². The highest BCUT2D eigenvalue weighted by Crippen LogP contribution is 2.27. The molecule has 0 unspecified atom stereocenters. The van der Waals surface area contributed by atoms with E-state index in [1.807, 2.05) is 0 Å². The van der Waals surface area contributed by atoms with Crippen LogP contribution in [0.4, 0.5) is 4.39 Å². The molecule has 2 rings (SSSR count). The second-order valence-electron chi connectivity index (χ2n) is 4.34. The van der Waals surface area contributed by atoms with Gasteiger partial charge in [0.15, 0.2) is 0 Å². The monoisotopic (exact) mass is 384 g/mol. The van der Waals surface area contributed by atoms with Gasteiger partial charge in [-0.15, -0.1) is 0 Å². The molecule has 0 saturated heterocycles. The van der Waals surface area contributed by atoms with Gasteiger partial charge in [-0.25, -0.2) is 9.18 Å². The zero-order valence-electron chi connectivity index (χ0n) is 11.2. The Hall–Kier alpha value is -1.85. The summed E-state index contributed by atoms with van der Waals surface area (Å²) in [5.41, 5.74) is 0.810. The smallest absolute Gasteiger partial charge is 0.328 e. The van der Waals surface area contributed by atoms with Crippen LogP contribution in [0.2, 0.25) is 5.02 Å². The number of halogens is 3. The van der Waals surface area contributed by atoms with Gasteiger partial charge in [-0.1, -0.05) is 33.6 Å². The summed E-state index contributed by atoms with van der Waals surface area (Å²) in [4.78, 5) is 10.6. The summed E-state index contributed by atoms with van der Waals surface area (Å²) in [7, 11) is 0. The second kappa shape index (κ2) is 7.42. The molecular formula is C16H11BrClFO3. The minimum atomic E-state index is -1.07. The van der Waals surface area contributed by atoms with E-state index >= 15 is 0 Å². The second-order valence-corrected chi connectivity index (χ2v) is 5.67. The van der Waals surface area contributed by atoms with Gasteiger partial charge in [0, 0.05) is 21.7 Å². The minimum absolute atomic E-state index is 0.0545. The van der Waals surface area contributed by atoms with Gasteiger partial charge < -0.3 is 9.84 Å². The van der Waals surface area contributed by atoms with Crippen molar-refractivity contribution in [3.8, 4) is 5.75 Å². The number of benzene rings is 2. The lowest BCUT2D eigenvalue weighted by atomic mass is 10.2. The van der Waals surface area contributed by atoms with E-state index in [1.165, 1.54) is 18.2 Å². The molecule has 0 bridgehead atoms. The largest absolute Gasteiger partial charge is 0.488 e. The zero-order chi connectivity index (χ0) is 16.1. The maximum absolute atomic E-state index is 13.7. The lowest BCUT2D eigenvalue weighted by Crippen LogP contribution is -2.01. The van der Waals surface area contributed by atoms with E-state index in [-0.39, 0.29) is 17.2 Å². The van der Waals surface area contributed by atoms with Crippen LogP contribution in [0.1, 0.15) is 11.1 Å². The molecule has 3 nitrogen and oxygen atoms in total. The third-order valence-electron chi connectivity index (χ3n) is 2.81. The Morgan fingerprint density at radius 2 is 2.14 bits per heavy atom. The fourth-order valence-electron chi connectivity index (χ4n) is 1.76. The van der Waals surface area contributed by atoms with E-state index < -0.39 is 11.8 Å². The van der Waals surface area contributed by atoms with Crippen LogP contribution in [0.25, 0.3) is 6.08 Å². The molecule has 114 valence electrons. The van der Waals surface area contributed by atoms with Crippen molar-refractivity contribution in [2.45, 2.75) is 6.61 Å². The molecule has 0 fully saturated rings. The number of rotatable bonds is 5. The van der Waals surface area contributed by atoms with E-state index in [1.54, 1.807) is 24.3 Å². The standard InChI is InChI=1S/C16H11BrClFO3/c17-11-5-6-15(10(8-11)4-7-16(20)21)22-9-12-13(18)2-1-3-14(12)19/h1-8H,9H2,(H,20,21). The van der Waals surface area contributed by atoms with Crippen molar-refractivity contribution in [2.75, 3.05) is 0 Å². The van der Waals surface area contributed by atoms with Crippen LogP contribution >= 0.6 is 27.5 Å². The molecule has 0 aliphatic carbocycles. The molecule has 0 aliphatic heterocycles. The molecule has 22 heavy (non-hydrogen) atoms. The molecule has 1 N–H and O–H groups in total. The molecule has 0 atom stereocenters. The van der Waals surface area contributed by atoms with Crippen LogP contribution in [0.3, 0.4) is 0 Å². The van der Waals surface area contributed by atoms with Gasteiger partial charge >= 0.3 is 5.97 Å². The van der Waals surface area contributed by atoms with Crippen molar-refractivity contribution in [1.82, 2.24) is 0 Å². The molecular weight excluding hydrogens is 375 g/mol. The van der Waals surface area contributed by atoms with Gasteiger partial charge in [0.1, 0.15) is 18.2 Å². The van der Waals surface area contributed by atoms with Crippen LogP contribution in [-0.4, -0.2) is 11.1 Å². The maximum atomic E-state index is 13.7. The van der Waals surface area contributed by atoms with Gasteiger partial charge in [-0.2, -0.15) is 0 Å². The highest BCUT2D eigenvalue weighted by molar-refractivity contribution is 9.10. The van der Waals surface area contributed by atoms with Crippen molar-refractivity contribution in [3.05, 3.63) is 68.9 Å². The van der Waals surface area contributed by atoms with Crippen LogP contribution in [0.15, 0.2) is 46.9 Å². The number of hydrogen-bond donors (Lipinski definition) is 1. The third-order valence-corrected chi connectivity index (χ3v) is 3.66. The lowest BCUT2D eigenvalue weighted by Gasteiger charge is -2.11. The third kappa shape index (κ3) is 4.32. The summed E-state index contributed by atoms with van der Waals surface area (Å²) in [5.74, 6) is -1.09. The first-order chi connectivity index (χ1) is 10.5. The molecule has 2 aromatic carbocycles. The minimum Gasteiger partial charge on any atom is -0.488 e. The summed E-state index contributed by atoms with van der Waals surface area (Å²) in [6, 6.07) is 9.52. The van der Waals surface area contributed by atoms with Gasteiger partial charge in [0.2, 0.25) is 0 Å². The Kier molecular flexibility index (Phi) is 5.57. The van der Waals surface area contributed by atoms with E-state index in [0.717, 1.165) is 10.5 Å². The highest BCUT2D eigenvalue weighted by atomic mass is 79.9. The zero-order valence-corrected chi connectivity index (χ0v) is 13.6. The van der Waals surface area contributed by atoms with Crippen LogP contribution in [0, 0.1) is 5.82 Å². The molecule has 0 spiro atoms. The lowest BCUT2D eigenvalue weighted by molar-refractivity contribution is -0.131. The Bertz CT molecular complexity index is 711. The number of aliphatic carboxylic acids is 1. The number of ether oxygens (including phenoxy) is 1. The molecule has 0 heterocycles. The number of carboxylic acid groups (broad SMARTS) is 1. The average molecular weight is 386 g/mol. The fourth-order valence-corrected chi connectivity index (χ4v) is 2.36. The summed E-state index contributed by atoms with van der Waals surface area (Å²) in [5, 5.41) is 8.99. The molecule has 0 saturated carbocycles. The topological polar surface area (TPSA) is 46.5 Å². The normalized spacial score (nSPS) is 10.9. The molecule has 0 amide bonds. The first-order valence-electron chi connectivity index (χ1n) is 6.23. The quantitative estimate of drug-likeness (QED) is 0.743.